The summed E-state index contributed by atoms with van der Waals surface area (Å²) in [4.78, 5) is 24.9. The van der Waals surface area contributed by atoms with E-state index in [2.05, 4.69) is 0 Å². The highest BCUT2D eigenvalue weighted by Crippen LogP contribution is 2.42. The Bertz CT molecular complexity index is 513. The normalized spacial score (nSPS) is 29.8. The van der Waals surface area contributed by atoms with Gasteiger partial charge in [0.05, 0.1) is 5.25 Å². The highest BCUT2D eigenvalue weighted by atomic mass is 32.2. The molecule has 1 heterocycles. The van der Waals surface area contributed by atoms with Gasteiger partial charge in [-0.3, -0.25) is 4.79 Å². The first-order chi connectivity index (χ1) is 9.24. The van der Waals surface area contributed by atoms with Crippen molar-refractivity contribution in [1.82, 2.24) is 4.90 Å². The van der Waals surface area contributed by atoms with Crippen molar-refractivity contribution in [2.45, 2.75) is 44.4 Å². The van der Waals surface area contributed by atoms with E-state index in [9.17, 15) is 23.1 Å². The molecular formula is C13H21NO5S. The zero-order valence-electron chi connectivity index (χ0n) is 11.8. The predicted molar refractivity (Wildman–Crippen MR) is 72.9 cm³/mol. The van der Waals surface area contributed by atoms with Crippen LogP contribution in [0.2, 0.25) is 0 Å². The summed E-state index contributed by atoms with van der Waals surface area (Å²) in [6.07, 6.45) is 2.73. The fraction of sp³-hybridized carbons (Fsp3) is 0.846. The molecule has 0 spiro atoms. The molecule has 1 N–H and O–H groups in total. The van der Waals surface area contributed by atoms with Gasteiger partial charge in [0.2, 0.25) is 5.91 Å². The summed E-state index contributed by atoms with van der Waals surface area (Å²) in [7, 11) is -3.49. The highest BCUT2D eigenvalue weighted by molar-refractivity contribution is 7.92. The fourth-order valence-corrected chi connectivity index (χ4v) is 4.14. The Hall–Kier alpha value is -1.11. The summed E-state index contributed by atoms with van der Waals surface area (Å²) >= 11 is 0. The highest BCUT2D eigenvalue weighted by Gasteiger charge is 2.49. The van der Waals surface area contributed by atoms with Crippen LogP contribution in [-0.2, 0) is 19.4 Å². The summed E-state index contributed by atoms with van der Waals surface area (Å²) in [5.74, 6) is -1.98. The van der Waals surface area contributed by atoms with Crippen LogP contribution in [0.3, 0.4) is 0 Å². The standard InChI is InChI=1S/C13H21NO5S/c1-8(2)20(18,19)7-11(15)14-6-9-4-3-5-10(9)12(14)13(16)17/h8-10,12H,3-7H2,1-2H3,(H,16,17). The van der Waals surface area contributed by atoms with Gasteiger partial charge < -0.3 is 10.0 Å². The second-order valence-corrected chi connectivity index (χ2v) is 8.60. The average molecular weight is 303 g/mol. The number of hydrogen-bond acceptors (Lipinski definition) is 4. The molecule has 1 amide bonds. The number of amides is 1. The van der Waals surface area contributed by atoms with Gasteiger partial charge in [0.1, 0.15) is 11.8 Å². The second kappa shape index (κ2) is 5.35. The lowest BCUT2D eigenvalue weighted by molar-refractivity contribution is -0.148. The summed E-state index contributed by atoms with van der Waals surface area (Å²) in [5, 5.41) is 8.72. The third-order valence-corrected chi connectivity index (χ3v) is 6.59. The largest absolute Gasteiger partial charge is 0.480 e. The van der Waals surface area contributed by atoms with Crippen molar-refractivity contribution in [3.63, 3.8) is 0 Å². The number of nitrogens with zero attached hydrogens (tertiary/aromatic N) is 1. The van der Waals surface area contributed by atoms with Crippen molar-refractivity contribution >= 4 is 21.7 Å². The molecule has 0 radical (unpaired) electrons. The van der Waals surface area contributed by atoms with Crippen LogP contribution in [0.5, 0.6) is 0 Å². The minimum Gasteiger partial charge on any atom is -0.480 e. The third kappa shape index (κ3) is 2.68. The Morgan fingerprint density at radius 2 is 1.95 bits per heavy atom. The lowest BCUT2D eigenvalue weighted by Crippen LogP contribution is -2.46. The van der Waals surface area contributed by atoms with E-state index in [0.29, 0.717) is 6.54 Å². The monoisotopic (exact) mass is 303 g/mol. The summed E-state index contributed by atoms with van der Waals surface area (Å²) in [6, 6.07) is -0.850. The molecule has 1 aliphatic carbocycles. The number of hydrogen-bond donors (Lipinski definition) is 1. The Morgan fingerprint density at radius 1 is 1.30 bits per heavy atom. The number of carboxylic acids is 1. The second-order valence-electron chi connectivity index (χ2n) is 6.04. The van der Waals surface area contributed by atoms with Crippen LogP contribution in [0.25, 0.3) is 0 Å². The summed E-state index contributed by atoms with van der Waals surface area (Å²) in [5.41, 5.74) is 0. The maximum Gasteiger partial charge on any atom is 0.326 e. The number of fused-ring (bicyclic) bond motifs is 1. The van der Waals surface area contributed by atoms with E-state index >= 15 is 0 Å². The molecular weight excluding hydrogens is 282 g/mol. The maximum atomic E-state index is 12.2. The molecule has 6 nitrogen and oxygen atoms in total. The number of carboxylic acid groups (broad SMARTS) is 1. The van der Waals surface area contributed by atoms with Gasteiger partial charge in [-0.15, -0.1) is 0 Å². The third-order valence-electron chi connectivity index (χ3n) is 4.51. The van der Waals surface area contributed by atoms with Crippen molar-refractivity contribution < 1.29 is 23.1 Å². The van der Waals surface area contributed by atoms with E-state index in [0.717, 1.165) is 19.3 Å². The Balaban J connectivity index is 2.15. The van der Waals surface area contributed by atoms with Gasteiger partial charge in [0.25, 0.3) is 0 Å². The molecule has 1 saturated heterocycles. The van der Waals surface area contributed by atoms with Gasteiger partial charge >= 0.3 is 5.97 Å². The molecule has 114 valence electrons. The number of rotatable bonds is 4. The van der Waals surface area contributed by atoms with Crippen molar-refractivity contribution in [3.05, 3.63) is 0 Å². The molecule has 0 aromatic heterocycles. The topological polar surface area (TPSA) is 91.8 Å². The molecule has 7 heteroatoms. The molecule has 3 atom stereocenters. The first kappa shape index (κ1) is 15.3. The quantitative estimate of drug-likeness (QED) is 0.817. The molecule has 2 aliphatic rings. The Labute approximate surface area is 119 Å². The molecule has 0 bridgehead atoms. The van der Waals surface area contributed by atoms with E-state index in [-0.39, 0.29) is 11.8 Å². The zero-order chi connectivity index (χ0) is 15.1. The van der Waals surface area contributed by atoms with Gasteiger partial charge in [-0.05, 0) is 38.5 Å². The fourth-order valence-electron chi connectivity index (χ4n) is 3.30. The van der Waals surface area contributed by atoms with E-state index < -0.39 is 38.8 Å². The van der Waals surface area contributed by atoms with Gasteiger partial charge in [-0.25, -0.2) is 13.2 Å². The van der Waals surface area contributed by atoms with Crippen LogP contribution in [0.1, 0.15) is 33.1 Å². The van der Waals surface area contributed by atoms with Crippen LogP contribution in [0, 0.1) is 11.8 Å². The lowest BCUT2D eigenvalue weighted by atomic mass is 9.94. The van der Waals surface area contributed by atoms with Gasteiger partial charge in [0.15, 0.2) is 9.84 Å². The minimum atomic E-state index is -3.49. The smallest absolute Gasteiger partial charge is 0.326 e. The van der Waals surface area contributed by atoms with Gasteiger partial charge in [-0.2, -0.15) is 0 Å². The molecule has 2 fully saturated rings. The predicted octanol–water partition coefficient (Wildman–Crippen LogP) is 0.521. The molecule has 2 rings (SSSR count). The van der Waals surface area contributed by atoms with E-state index in [4.69, 9.17) is 0 Å². The Morgan fingerprint density at radius 3 is 2.50 bits per heavy atom. The van der Waals surface area contributed by atoms with Crippen molar-refractivity contribution in [1.29, 1.82) is 0 Å². The van der Waals surface area contributed by atoms with Crippen LogP contribution in [0.15, 0.2) is 0 Å². The van der Waals surface area contributed by atoms with Gasteiger partial charge in [-0.1, -0.05) is 6.42 Å². The number of likely N-dealkylation sites (tertiary alicyclic amines) is 1. The molecule has 20 heavy (non-hydrogen) atoms. The number of carbonyl (C=O) groups is 2. The molecule has 0 aromatic carbocycles. The van der Waals surface area contributed by atoms with Crippen molar-refractivity contribution in [2.24, 2.45) is 11.8 Å². The van der Waals surface area contributed by atoms with Crippen LogP contribution in [-0.4, -0.2) is 53.9 Å². The van der Waals surface area contributed by atoms with E-state index in [1.807, 2.05) is 0 Å². The van der Waals surface area contributed by atoms with Crippen molar-refractivity contribution in [2.75, 3.05) is 12.3 Å². The zero-order valence-corrected chi connectivity index (χ0v) is 12.6. The molecule has 1 aliphatic heterocycles. The SMILES string of the molecule is CC(C)S(=O)(=O)CC(=O)N1CC2CCCC2C1C(=O)O. The van der Waals surface area contributed by atoms with E-state index in [1.54, 1.807) is 0 Å². The first-order valence-electron chi connectivity index (χ1n) is 6.98. The molecule has 3 unspecified atom stereocenters. The molecule has 0 aromatic rings. The van der Waals surface area contributed by atoms with Crippen LogP contribution in [0.4, 0.5) is 0 Å². The maximum absolute atomic E-state index is 12.2. The van der Waals surface area contributed by atoms with Crippen molar-refractivity contribution in [3.8, 4) is 0 Å². The summed E-state index contributed by atoms with van der Waals surface area (Å²) in [6.45, 7) is 3.43. The Kier molecular flexibility index (Phi) is 4.09. The lowest BCUT2D eigenvalue weighted by Gasteiger charge is -2.24. The number of aliphatic carboxylic acids is 1. The van der Waals surface area contributed by atoms with Crippen LogP contribution >= 0.6 is 0 Å². The molecule has 1 saturated carbocycles. The van der Waals surface area contributed by atoms with Gasteiger partial charge in [0, 0.05) is 6.54 Å². The van der Waals surface area contributed by atoms with Crippen LogP contribution < -0.4 is 0 Å². The van der Waals surface area contributed by atoms with E-state index in [1.165, 1.54) is 18.7 Å². The average Bonchev–Trinajstić information content (AvgIpc) is 2.85. The number of carbonyl (C=O) groups excluding carboxylic acids is 1. The minimum absolute atomic E-state index is 0.0156. The number of sulfone groups is 1. The first-order valence-corrected chi connectivity index (χ1v) is 8.69. The summed E-state index contributed by atoms with van der Waals surface area (Å²) < 4.78 is 23.7.